The molecule has 1 saturated carbocycles. The molecule has 134 valence electrons. The summed E-state index contributed by atoms with van der Waals surface area (Å²) in [6.45, 7) is 6.16. The quantitative estimate of drug-likeness (QED) is 0.816. The smallest absolute Gasteiger partial charge is 0.225 e. The van der Waals surface area contributed by atoms with Crippen molar-refractivity contribution in [1.82, 2.24) is 14.5 Å². The van der Waals surface area contributed by atoms with E-state index in [1.165, 1.54) is 30.3 Å². The minimum absolute atomic E-state index is 0.266. The van der Waals surface area contributed by atoms with Crippen molar-refractivity contribution in [3.63, 3.8) is 0 Å². The number of aryl methyl sites for hydroxylation is 1. The van der Waals surface area contributed by atoms with E-state index in [9.17, 15) is 4.79 Å². The number of nitrogens with zero attached hydrogens (tertiary/aromatic N) is 3. The fourth-order valence-electron chi connectivity index (χ4n) is 4.71. The first-order valence-corrected chi connectivity index (χ1v) is 9.85. The SMILES string of the molecule is Cc1ccc2ncn(C3CCN(C(=O)C4CCCCC4C)CC3)c2c1. The van der Waals surface area contributed by atoms with Crippen LogP contribution in [-0.2, 0) is 4.79 Å². The van der Waals surface area contributed by atoms with Crippen molar-refractivity contribution in [2.45, 2.75) is 58.4 Å². The first-order valence-electron chi connectivity index (χ1n) is 9.85. The Hall–Kier alpha value is -1.84. The van der Waals surface area contributed by atoms with Crippen LogP contribution in [0.25, 0.3) is 11.0 Å². The van der Waals surface area contributed by atoms with E-state index in [0.717, 1.165) is 37.9 Å². The van der Waals surface area contributed by atoms with Crippen LogP contribution in [0, 0.1) is 18.8 Å². The first-order chi connectivity index (χ1) is 12.1. The normalized spacial score (nSPS) is 25.4. The van der Waals surface area contributed by atoms with E-state index in [1.54, 1.807) is 0 Å². The Balaban J connectivity index is 1.44. The number of likely N-dealkylation sites (tertiary alicyclic amines) is 1. The summed E-state index contributed by atoms with van der Waals surface area (Å²) in [5, 5.41) is 0. The zero-order valence-corrected chi connectivity index (χ0v) is 15.4. The second-order valence-corrected chi connectivity index (χ2v) is 8.07. The third-order valence-corrected chi connectivity index (χ3v) is 6.33. The summed E-state index contributed by atoms with van der Waals surface area (Å²) in [6.07, 6.45) is 8.87. The van der Waals surface area contributed by atoms with E-state index in [0.29, 0.717) is 17.9 Å². The van der Waals surface area contributed by atoms with Gasteiger partial charge >= 0.3 is 0 Å². The van der Waals surface area contributed by atoms with Crippen LogP contribution in [0.5, 0.6) is 0 Å². The van der Waals surface area contributed by atoms with Crippen molar-refractivity contribution < 1.29 is 4.79 Å². The molecular weight excluding hydrogens is 310 g/mol. The van der Waals surface area contributed by atoms with Gasteiger partial charge < -0.3 is 9.47 Å². The molecule has 2 fully saturated rings. The number of carbonyl (C=O) groups excluding carboxylic acids is 1. The second kappa shape index (κ2) is 6.81. The number of aromatic nitrogens is 2. The average molecular weight is 339 g/mol. The highest BCUT2D eigenvalue weighted by Gasteiger charge is 2.33. The third-order valence-electron chi connectivity index (χ3n) is 6.33. The molecule has 1 aromatic carbocycles. The van der Waals surface area contributed by atoms with Gasteiger partial charge in [-0.2, -0.15) is 0 Å². The van der Waals surface area contributed by atoms with Gasteiger partial charge in [-0.3, -0.25) is 4.79 Å². The Labute approximate surface area is 150 Å². The number of imidazole rings is 1. The fourth-order valence-corrected chi connectivity index (χ4v) is 4.71. The fraction of sp³-hybridized carbons (Fsp3) is 0.619. The van der Waals surface area contributed by atoms with Gasteiger partial charge in [-0.25, -0.2) is 4.98 Å². The summed E-state index contributed by atoms with van der Waals surface area (Å²) in [6, 6.07) is 6.90. The van der Waals surface area contributed by atoms with Crippen molar-refractivity contribution in [1.29, 1.82) is 0 Å². The number of carbonyl (C=O) groups is 1. The summed E-state index contributed by atoms with van der Waals surface area (Å²) in [5.74, 6) is 1.23. The van der Waals surface area contributed by atoms with Gasteiger partial charge in [-0.1, -0.05) is 25.8 Å². The molecule has 4 heteroatoms. The predicted molar refractivity (Wildman–Crippen MR) is 100 cm³/mol. The van der Waals surface area contributed by atoms with Gasteiger partial charge in [0.05, 0.1) is 17.4 Å². The van der Waals surface area contributed by atoms with Crippen LogP contribution in [-0.4, -0.2) is 33.4 Å². The van der Waals surface area contributed by atoms with Gasteiger partial charge in [0.25, 0.3) is 0 Å². The standard InChI is InChI=1S/C21H29N3O/c1-15-7-8-19-20(13-15)24(14-22-19)17-9-11-23(12-10-17)21(25)18-6-4-3-5-16(18)2/h7-8,13-14,16-18H,3-6,9-12H2,1-2H3. The average Bonchev–Trinajstić information content (AvgIpc) is 3.05. The molecule has 0 bridgehead atoms. The number of piperidine rings is 1. The molecule has 4 nitrogen and oxygen atoms in total. The Kier molecular flexibility index (Phi) is 4.53. The largest absolute Gasteiger partial charge is 0.342 e. The molecule has 2 heterocycles. The van der Waals surface area contributed by atoms with Gasteiger partial charge in [-0.05, 0) is 56.2 Å². The zero-order valence-electron chi connectivity index (χ0n) is 15.4. The number of benzene rings is 1. The van der Waals surface area contributed by atoms with Gasteiger partial charge in [0.2, 0.25) is 5.91 Å². The lowest BCUT2D eigenvalue weighted by Gasteiger charge is -2.37. The minimum atomic E-state index is 0.266. The molecule has 1 aliphatic heterocycles. The van der Waals surface area contributed by atoms with Crippen molar-refractivity contribution in [3.05, 3.63) is 30.1 Å². The molecule has 1 aliphatic carbocycles. The van der Waals surface area contributed by atoms with Gasteiger partial charge in [0, 0.05) is 25.0 Å². The molecule has 0 N–H and O–H groups in total. The summed E-state index contributed by atoms with van der Waals surface area (Å²) in [7, 11) is 0. The molecule has 1 saturated heterocycles. The molecule has 25 heavy (non-hydrogen) atoms. The number of hydrogen-bond donors (Lipinski definition) is 0. The van der Waals surface area contributed by atoms with Crippen LogP contribution in [0.1, 0.15) is 57.1 Å². The molecule has 1 amide bonds. The molecule has 0 spiro atoms. The highest BCUT2D eigenvalue weighted by Crippen LogP contribution is 2.33. The van der Waals surface area contributed by atoms with Crippen molar-refractivity contribution in [2.24, 2.45) is 11.8 Å². The van der Waals surface area contributed by atoms with E-state index < -0.39 is 0 Å². The molecule has 2 atom stereocenters. The maximum Gasteiger partial charge on any atom is 0.225 e. The van der Waals surface area contributed by atoms with Crippen LogP contribution < -0.4 is 0 Å². The Morgan fingerprint density at radius 2 is 1.88 bits per heavy atom. The molecule has 4 rings (SSSR count). The lowest BCUT2D eigenvalue weighted by atomic mass is 9.79. The van der Waals surface area contributed by atoms with E-state index >= 15 is 0 Å². The van der Waals surface area contributed by atoms with E-state index in [4.69, 9.17) is 0 Å². The second-order valence-electron chi connectivity index (χ2n) is 8.07. The van der Waals surface area contributed by atoms with Crippen LogP contribution in [0.4, 0.5) is 0 Å². The Bertz CT molecular complexity index is 758. The van der Waals surface area contributed by atoms with Crippen LogP contribution in [0.2, 0.25) is 0 Å². The number of hydrogen-bond acceptors (Lipinski definition) is 2. The van der Waals surface area contributed by atoms with Crippen LogP contribution >= 0.6 is 0 Å². The van der Waals surface area contributed by atoms with Crippen molar-refractivity contribution >= 4 is 16.9 Å². The molecule has 1 aromatic heterocycles. The van der Waals surface area contributed by atoms with E-state index in [2.05, 4.69) is 46.5 Å². The lowest BCUT2D eigenvalue weighted by Crippen LogP contribution is -2.44. The minimum Gasteiger partial charge on any atom is -0.342 e. The highest BCUT2D eigenvalue weighted by atomic mass is 16.2. The topological polar surface area (TPSA) is 38.1 Å². The van der Waals surface area contributed by atoms with Crippen LogP contribution in [0.15, 0.2) is 24.5 Å². The molecule has 2 aromatic rings. The summed E-state index contributed by atoms with van der Waals surface area (Å²) < 4.78 is 2.33. The Morgan fingerprint density at radius 1 is 1.12 bits per heavy atom. The van der Waals surface area contributed by atoms with Gasteiger partial charge in [0.1, 0.15) is 0 Å². The van der Waals surface area contributed by atoms with Crippen molar-refractivity contribution in [3.8, 4) is 0 Å². The maximum absolute atomic E-state index is 12.9. The molecular formula is C21H29N3O. The predicted octanol–water partition coefficient (Wildman–Crippen LogP) is 4.33. The molecule has 0 radical (unpaired) electrons. The lowest BCUT2D eigenvalue weighted by molar-refractivity contribution is -0.139. The monoisotopic (exact) mass is 339 g/mol. The van der Waals surface area contributed by atoms with E-state index in [-0.39, 0.29) is 5.92 Å². The Morgan fingerprint density at radius 3 is 2.64 bits per heavy atom. The summed E-state index contributed by atoms with van der Waals surface area (Å²) >= 11 is 0. The molecule has 2 unspecified atom stereocenters. The number of amides is 1. The summed E-state index contributed by atoms with van der Waals surface area (Å²) in [5.41, 5.74) is 3.57. The van der Waals surface area contributed by atoms with E-state index in [1.807, 2.05) is 6.33 Å². The molecule has 2 aliphatic rings. The number of rotatable bonds is 2. The van der Waals surface area contributed by atoms with Crippen LogP contribution in [0.3, 0.4) is 0 Å². The van der Waals surface area contributed by atoms with Gasteiger partial charge in [-0.15, -0.1) is 0 Å². The number of fused-ring (bicyclic) bond motifs is 1. The summed E-state index contributed by atoms with van der Waals surface area (Å²) in [4.78, 5) is 19.6. The first kappa shape index (κ1) is 16.6. The van der Waals surface area contributed by atoms with Gasteiger partial charge in [0.15, 0.2) is 0 Å². The zero-order chi connectivity index (χ0) is 17.4. The third kappa shape index (κ3) is 3.19. The van der Waals surface area contributed by atoms with Crippen molar-refractivity contribution in [2.75, 3.05) is 13.1 Å². The maximum atomic E-state index is 12.9. The highest BCUT2D eigenvalue weighted by molar-refractivity contribution is 5.79.